The lowest BCUT2D eigenvalue weighted by Crippen LogP contribution is -2.53. The number of para-hydroxylation sites is 1. The number of methoxy groups -OCH3 is 2. The summed E-state index contributed by atoms with van der Waals surface area (Å²) in [6.45, 7) is 3.79. The molecule has 0 heterocycles. The summed E-state index contributed by atoms with van der Waals surface area (Å²) in [4.78, 5) is 11.5. The number of carbonyl (C=O) groups is 1. The van der Waals surface area contributed by atoms with Gasteiger partial charge in [0.1, 0.15) is 11.9 Å². The van der Waals surface area contributed by atoms with E-state index in [2.05, 4.69) is 0 Å². The molecule has 1 unspecified atom stereocenters. The molecule has 1 aromatic carbocycles. The molecule has 0 aromatic heterocycles. The third-order valence-electron chi connectivity index (χ3n) is 3.54. The SMILES string of the molecule is COc1cccc(OC)c1OC1CC(=O)C1(C)C. The molecule has 0 spiro atoms. The Morgan fingerprint density at radius 2 is 1.72 bits per heavy atom. The van der Waals surface area contributed by atoms with E-state index < -0.39 is 5.41 Å². The van der Waals surface area contributed by atoms with Gasteiger partial charge in [0.2, 0.25) is 5.75 Å². The molecule has 0 aliphatic heterocycles. The predicted octanol–water partition coefficient (Wildman–Crippen LogP) is 2.45. The van der Waals surface area contributed by atoms with E-state index >= 15 is 0 Å². The molecule has 1 aromatic rings. The van der Waals surface area contributed by atoms with Crippen LogP contribution in [0.1, 0.15) is 20.3 Å². The van der Waals surface area contributed by atoms with E-state index in [1.165, 1.54) is 0 Å². The van der Waals surface area contributed by atoms with Crippen LogP contribution in [0.2, 0.25) is 0 Å². The summed E-state index contributed by atoms with van der Waals surface area (Å²) in [5.74, 6) is 2.02. The highest BCUT2D eigenvalue weighted by atomic mass is 16.5. The molecule has 0 saturated heterocycles. The van der Waals surface area contributed by atoms with Crippen molar-refractivity contribution in [2.45, 2.75) is 26.4 Å². The maximum atomic E-state index is 11.5. The lowest BCUT2D eigenvalue weighted by molar-refractivity contribution is -0.148. The van der Waals surface area contributed by atoms with Crippen molar-refractivity contribution < 1.29 is 19.0 Å². The monoisotopic (exact) mass is 250 g/mol. The molecule has 0 radical (unpaired) electrons. The topological polar surface area (TPSA) is 44.8 Å². The Hall–Kier alpha value is -1.71. The van der Waals surface area contributed by atoms with Gasteiger partial charge in [0.05, 0.1) is 19.6 Å². The Morgan fingerprint density at radius 3 is 2.11 bits per heavy atom. The van der Waals surface area contributed by atoms with Crippen LogP contribution in [0.3, 0.4) is 0 Å². The first-order valence-electron chi connectivity index (χ1n) is 5.91. The van der Waals surface area contributed by atoms with E-state index in [-0.39, 0.29) is 11.9 Å². The van der Waals surface area contributed by atoms with Crippen LogP contribution < -0.4 is 14.2 Å². The summed E-state index contributed by atoms with van der Waals surface area (Å²) < 4.78 is 16.4. The van der Waals surface area contributed by atoms with E-state index in [4.69, 9.17) is 14.2 Å². The van der Waals surface area contributed by atoms with Gasteiger partial charge in [-0.1, -0.05) is 6.07 Å². The summed E-state index contributed by atoms with van der Waals surface area (Å²) in [5, 5.41) is 0. The number of benzene rings is 1. The van der Waals surface area contributed by atoms with Crippen LogP contribution in [0.25, 0.3) is 0 Å². The summed E-state index contributed by atoms with van der Waals surface area (Å²) in [5.41, 5.74) is -0.439. The molecular weight excluding hydrogens is 232 g/mol. The first-order chi connectivity index (χ1) is 8.50. The number of hydrogen-bond acceptors (Lipinski definition) is 4. The molecule has 1 aliphatic rings. The predicted molar refractivity (Wildman–Crippen MR) is 67.4 cm³/mol. The molecule has 4 heteroatoms. The lowest BCUT2D eigenvalue weighted by atomic mass is 9.68. The van der Waals surface area contributed by atoms with Crippen molar-refractivity contribution in [2.75, 3.05) is 14.2 Å². The van der Waals surface area contributed by atoms with Crippen LogP contribution in [0.4, 0.5) is 0 Å². The molecule has 18 heavy (non-hydrogen) atoms. The first kappa shape index (κ1) is 12.7. The molecular formula is C14H18O4. The Labute approximate surface area is 107 Å². The number of ether oxygens (including phenoxy) is 3. The number of carbonyl (C=O) groups excluding carboxylic acids is 1. The second kappa shape index (κ2) is 4.52. The highest BCUT2D eigenvalue weighted by molar-refractivity contribution is 5.91. The second-order valence-corrected chi connectivity index (χ2v) is 4.95. The standard InChI is InChI=1S/C14H18O4/c1-14(2)11(15)8-12(14)18-13-9(16-3)6-5-7-10(13)17-4/h5-7,12H,8H2,1-4H3. The van der Waals surface area contributed by atoms with Crippen molar-refractivity contribution in [3.8, 4) is 17.2 Å². The van der Waals surface area contributed by atoms with Crippen LogP contribution >= 0.6 is 0 Å². The minimum Gasteiger partial charge on any atom is -0.493 e. The quantitative estimate of drug-likeness (QED) is 0.823. The van der Waals surface area contributed by atoms with Crippen molar-refractivity contribution in [1.29, 1.82) is 0 Å². The highest BCUT2D eigenvalue weighted by Gasteiger charge is 2.49. The summed E-state index contributed by atoms with van der Waals surface area (Å²) in [6, 6.07) is 5.46. The molecule has 1 fully saturated rings. The Kier molecular flexibility index (Phi) is 3.20. The average Bonchev–Trinajstić information content (AvgIpc) is 2.38. The minimum atomic E-state index is -0.439. The van der Waals surface area contributed by atoms with Crippen LogP contribution in [-0.2, 0) is 4.79 Å². The fraction of sp³-hybridized carbons (Fsp3) is 0.500. The van der Waals surface area contributed by atoms with Crippen molar-refractivity contribution in [3.05, 3.63) is 18.2 Å². The summed E-state index contributed by atoms with van der Waals surface area (Å²) >= 11 is 0. The van der Waals surface area contributed by atoms with Gasteiger partial charge in [-0.15, -0.1) is 0 Å². The maximum absolute atomic E-state index is 11.5. The number of Topliss-reactive ketones (excluding diaryl/α,β-unsaturated/α-hetero) is 1. The molecule has 0 amide bonds. The second-order valence-electron chi connectivity index (χ2n) is 4.95. The summed E-state index contributed by atoms with van der Waals surface area (Å²) in [7, 11) is 3.16. The van der Waals surface area contributed by atoms with E-state index in [0.29, 0.717) is 23.7 Å². The molecule has 2 rings (SSSR count). The zero-order valence-electron chi connectivity index (χ0n) is 11.1. The third-order valence-corrected chi connectivity index (χ3v) is 3.54. The lowest BCUT2D eigenvalue weighted by Gasteiger charge is -2.42. The van der Waals surface area contributed by atoms with Crippen molar-refractivity contribution in [2.24, 2.45) is 5.41 Å². The smallest absolute Gasteiger partial charge is 0.203 e. The Morgan fingerprint density at radius 1 is 1.17 bits per heavy atom. The van der Waals surface area contributed by atoms with Crippen LogP contribution in [-0.4, -0.2) is 26.1 Å². The fourth-order valence-electron chi connectivity index (χ4n) is 2.00. The van der Waals surface area contributed by atoms with Gasteiger partial charge in [-0.2, -0.15) is 0 Å². The molecule has 1 aliphatic carbocycles. The van der Waals surface area contributed by atoms with Crippen molar-refractivity contribution >= 4 is 5.78 Å². The van der Waals surface area contributed by atoms with Gasteiger partial charge in [-0.05, 0) is 26.0 Å². The average molecular weight is 250 g/mol. The molecule has 4 nitrogen and oxygen atoms in total. The largest absolute Gasteiger partial charge is 0.493 e. The normalized spacial score (nSPS) is 21.1. The number of rotatable bonds is 4. The number of hydrogen-bond donors (Lipinski definition) is 0. The maximum Gasteiger partial charge on any atom is 0.203 e. The van der Waals surface area contributed by atoms with Gasteiger partial charge in [0.15, 0.2) is 11.5 Å². The van der Waals surface area contributed by atoms with E-state index in [9.17, 15) is 4.79 Å². The van der Waals surface area contributed by atoms with E-state index in [1.54, 1.807) is 14.2 Å². The zero-order chi connectivity index (χ0) is 13.3. The number of ketones is 1. The zero-order valence-corrected chi connectivity index (χ0v) is 11.1. The van der Waals surface area contributed by atoms with E-state index in [0.717, 1.165) is 0 Å². The molecule has 98 valence electrons. The first-order valence-corrected chi connectivity index (χ1v) is 5.91. The van der Waals surface area contributed by atoms with Crippen LogP contribution in [0, 0.1) is 5.41 Å². The van der Waals surface area contributed by atoms with Gasteiger partial charge in [0, 0.05) is 6.42 Å². The van der Waals surface area contributed by atoms with Crippen LogP contribution in [0.5, 0.6) is 17.2 Å². The van der Waals surface area contributed by atoms with Crippen molar-refractivity contribution in [3.63, 3.8) is 0 Å². The van der Waals surface area contributed by atoms with Crippen LogP contribution in [0.15, 0.2) is 18.2 Å². The van der Waals surface area contributed by atoms with Gasteiger partial charge >= 0.3 is 0 Å². The van der Waals surface area contributed by atoms with Gasteiger partial charge in [-0.3, -0.25) is 4.79 Å². The van der Waals surface area contributed by atoms with Gasteiger partial charge < -0.3 is 14.2 Å². The molecule has 0 bridgehead atoms. The Bertz CT molecular complexity index is 443. The van der Waals surface area contributed by atoms with E-state index in [1.807, 2.05) is 32.0 Å². The fourth-order valence-corrected chi connectivity index (χ4v) is 2.00. The van der Waals surface area contributed by atoms with Crippen molar-refractivity contribution in [1.82, 2.24) is 0 Å². The highest BCUT2D eigenvalue weighted by Crippen LogP contribution is 2.44. The molecule has 1 atom stereocenters. The summed E-state index contributed by atoms with van der Waals surface area (Å²) in [6.07, 6.45) is 0.309. The Balaban J connectivity index is 2.26. The van der Waals surface area contributed by atoms with Gasteiger partial charge in [-0.25, -0.2) is 0 Å². The minimum absolute atomic E-state index is 0.129. The molecule has 1 saturated carbocycles. The molecule has 0 N–H and O–H groups in total. The van der Waals surface area contributed by atoms with Gasteiger partial charge in [0.25, 0.3) is 0 Å². The third kappa shape index (κ3) is 1.92.